The molecular weight excluding hydrogens is 210 g/mol. The van der Waals surface area contributed by atoms with E-state index in [1.54, 1.807) is 13.4 Å². The maximum Gasteiger partial charge on any atom is 0.0661 e. The molecule has 0 aliphatic carbocycles. The normalized spacial score (nSPS) is 14.6. The largest absolute Gasteiger partial charge is 0.383 e. The van der Waals surface area contributed by atoms with Crippen molar-refractivity contribution >= 4 is 16.5 Å². The lowest BCUT2D eigenvalue weighted by molar-refractivity contribution is 0.190. The van der Waals surface area contributed by atoms with Gasteiger partial charge >= 0.3 is 0 Å². The topological polar surface area (TPSA) is 38.3 Å². The maximum atomic E-state index is 11.2. The van der Waals surface area contributed by atoms with Crippen LogP contribution in [0.4, 0.5) is 5.69 Å². The molecule has 1 N–H and O–H groups in total. The molecule has 0 aliphatic rings. The predicted octanol–water partition coefficient (Wildman–Crippen LogP) is 1.87. The van der Waals surface area contributed by atoms with E-state index in [4.69, 9.17) is 4.74 Å². The summed E-state index contributed by atoms with van der Waals surface area (Å²) in [5.74, 6) is 0. The van der Waals surface area contributed by atoms with E-state index in [0.717, 1.165) is 10.6 Å². The van der Waals surface area contributed by atoms with Crippen LogP contribution < -0.4 is 5.32 Å². The zero-order chi connectivity index (χ0) is 11.3. The van der Waals surface area contributed by atoms with E-state index in [2.05, 4.69) is 12.2 Å². The van der Waals surface area contributed by atoms with Gasteiger partial charge in [0.05, 0.1) is 6.61 Å². The highest BCUT2D eigenvalue weighted by Gasteiger charge is 2.01. The quantitative estimate of drug-likeness (QED) is 0.834. The van der Waals surface area contributed by atoms with Crippen LogP contribution in [-0.2, 0) is 15.5 Å². The van der Waals surface area contributed by atoms with Crippen LogP contribution in [0.15, 0.2) is 29.2 Å². The number of ether oxygens (including phenoxy) is 1. The van der Waals surface area contributed by atoms with E-state index in [0.29, 0.717) is 6.61 Å². The molecule has 1 aromatic rings. The second-order valence-electron chi connectivity index (χ2n) is 3.48. The molecule has 0 fully saturated rings. The van der Waals surface area contributed by atoms with Gasteiger partial charge in [-0.05, 0) is 31.2 Å². The average molecular weight is 227 g/mol. The molecule has 0 saturated carbocycles. The van der Waals surface area contributed by atoms with Crippen LogP contribution in [0.3, 0.4) is 0 Å². The third kappa shape index (κ3) is 4.01. The van der Waals surface area contributed by atoms with Crippen molar-refractivity contribution in [2.45, 2.75) is 17.9 Å². The number of hydrogen-bond acceptors (Lipinski definition) is 3. The van der Waals surface area contributed by atoms with Crippen molar-refractivity contribution in [1.82, 2.24) is 0 Å². The van der Waals surface area contributed by atoms with E-state index < -0.39 is 10.8 Å². The van der Waals surface area contributed by atoms with Crippen molar-refractivity contribution < 1.29 is 8.95 Å². The van der Waals surface area contributed by atoms with Gasteiger partial charge < -0.3 is 10.1 Å². The van der Waals surface area contributed by atoms with Crippen LogP contribution in [0.25, 0.3) is 0 Å². The molecule has 3 nitrogen and oxygen atoms in total. The minimum absolute atomic E-state index is 0.271. The van der Waals surface area contributed by atoms with Crippen molar-refractivity contribution in [3.63, 3.8) is 0 Å². The lowest BCUT2D eigenvalue weighted by Crippen LogP contribution is -2.20. The molecule has 0 radical (unpaired) electrons. The summed E-state index contributed by atoms with van der Waals surface area (Å²) in [5, 5.41) is 3.28. The average Bonchev–Trinajstić information content (AvgIpc) is 2.18. The van der Waals surface area contributed by atoms with Gasteiger partial charge in [0.25, 0.3) is 0 Å². The molecule has 0 spiro atoms. The van der Waals surface area contributed by atoms with Crippen molar-refractivity contribution in [3.05, 3.63) is 24.3 Å². The van der Waals surface area contributed by atoms with Gasteiger partial charge in [0.2, 0.25) is 0 Å². The summed E-state index contributed by atoms with van der Waals surface area (Å²) in [7, 11) is 0.776. The van der Waals surface area contributed by atoms with Gasteiger partial charge in [0.15, 0.2) is 0 Å². The van der Waals surface area contributed by atoms with Gasteiger partial charge in [0, 0.05) is 40.8 Å². The summed E-state index contributed by atoms with van der Waals surface area (Å²) < 4.78 is 16.2. The Bertz CT molecular complexity index is 324. The second-order valence-corrected chi connectivity index (χ2v) is 4.86. The molecule has 1 aromatic carbocycles. The van der Waals surface area contributed by atoms with Crippen LogP contribution >= 0.6 is 0 Å². The fourth-order valence-corrected chi connectivity index (χ4v) is 1.84. The Morgan fingerprint density at radius 2 is 2.00 bits per heavy atom. The summed E-state index contributed by atoms with van der Waals surface area (Å²) in [6, 6.07) is 7.88. The Kier molecular flexibility index (Phi) is 4.78. The van der Waals surface area contributed by atoms with E-state index in [1.807, 2.05) is 24.3 Å². The Balaban J connectivity index is 2.60. The summed E-state index contributed by atoms with van der Waals surface area (Å²) in [4.78, 5) is 0.847. The smallest absolute Gasteiger partial charge is 0.0661 e. The van der Waals surface area contributed by atoms with Gasteiger partial charge in [-0.3, -0.25) is 4.21 Å². The molecule has 2 unspecified atom stereocenters. The highest BCUT2D eigenvalue weighted by molar-refractivity contribution is 7.84. The summed E-state index contributed by atoms with van der Waals surface area (Å²) in [5.41, 5.74) is 1.02. The molecule has 0 saturated heterocycles. The molecule has 2 atom stereocenters. The molecule has 0 aliphatic heterocycles. The lowest BCUT2D eigenvalue weighted by Gasteiger charge is -2.14. The van der Waals surface area contributed by atoms with Crippen LogP contribution in [-0.4, -0.2) is 30.2 Å². The molecule has 0 heterocycles. The van der Waals surface area contributed by atoms with E-state index in [-0.39, 0.29) is 6.04 Å². The predicted molar refractivity (Wildman–Crippen MR) is 63.7 cm³/mol. The maximum absolute atomic E-state index is 11.2. The molecule has 4 heteroatoms. The monoisotopic (exact) mass is 227 g/mol. The van der Waals surface area contributed by atoms with Crippen molar-refractivity contribution in [1.29, 1.82) is 0 Å². The van der Waals surface area contributed by atoms with Crippen LogP contribution in [0.2, 0.25) is 0 Å². The minimum atomic E-state index is -0.906. The number of hydrogen-bond donors (Lipinski definition) is 1. The number of methoxy groups -OCH3 is 1. The van der Waals surface area contributed by atoms with E-state index in [9.17, 15) is 4.21 Å². The standard InChI is InChI=1S/C11H17NO2S/c1-9(8-14-2)12-10-4-6-11(7-5-10)15(3)13/h4-7,9,12H,8H2,1-3H3. The minimum Gasteiger partial charge on any atom is -0.383 e. The summed E-state index contributed by atoms with van der Waals surface area (Å²) in [6.07, 6.45) is 1.68. The number of rotatable bonds is 5. The first-order valence-corrected chi connectivity index (χ1v) is 6.38. The number of nitrogens with one attached hydrogen (secondary N) is 1. The third-order valence-corrected chi connectivity index (χ3v) is 2.95. The molecule has 84 valence electrons. The number of benzene rings is 1. The Labute approximate surface area is 93.3 Å². The van der Waals surface area contributed by atoms with Crippen molar-refractivity contribution in [2.75, 3.05) is 25.3 Å². The first-order chi connectivity index (χ1) is 7.13. The molecule has 1 rings (SSSR count). The van der Waals surface area contributed by atoms with Gasteiger partial charge in [-0.15, -0.1) is 0 Å². The fourth-order valence-electron chi connectivity index (χ4n) is 1.32. The van der Waals surface area contributed by atoms with E-state index >= 15 is 0 Å². The first kappa shape index (κ1) is 12.2. The summed E-state index contributed by atoms with van der Waals surface area (Å²) >= 11 is 0. The van der Waals surface area contributed by atoms with Crippen LogP contribution in [0, 0.1) is 0 Å². The molecular formula is C11H17NO2S. The Morgan fingerprint density at radius 3 is 2.47 bits per heavy atom. The highest BCUT2D eigenvalue weighted by atomic mass is 32.2. The molecule has 15 heavy (non-hydrogen) atoms. The second kappa shape index (κ2) is 5.88. The molecule has 0 aromatic heterocycles. The van der Waals surface area contributed by atoms with Crippen molar-refractivity contribution in [3.8, 4) is 0 Å². The van der Waals surface area contributed by atoms with Crippen molar-refractivity contribution in [2.24, 2.45) is 0 Å². The molecule has 0 amide bonds. The van der Waals surface area contributed by atoms with Gasteiger partial charge in [-0.25, -0.2) is 0 Å². The first-order valence-electron chi connectivity index (χ1n) is 4.82. The van der Waals surface area contributed by atoms with Gasteiger partial charge in [-0.2, -0.15) is 0 Å². The van der Waals surface area contributed by atoms with Gasteiger partial charge in [-0.1, -0.05) is 0 Å². The highest BCUT2D eigenvalue weighted by Crippen LogP contribution is 2.12. The lowest BCUT2D eigenvalue weighted by atomic mass is 10.3. The fraction of sp³-hybridized carbons (Fsp3) is 0.455. The van der Waals surface area contributed by atoms with E-state index in [1.165, 1.54) is 0 Å². The Morgan fingerprint density at radius 1 is 1.40 bits per heavy atom. The SMILES string of the molecule is COCC(C)Nc1ccc(S(C)=O)cc1. The number of anilines is 1. The third-order valence-electron chi connectivity index (χ3n) is 2.02. The molecule has 0 bridgehead atoms. The zero-order valence-corrected chi connectivity index (χ0v) is 10.1. The van der Waals surface area contributed by atoms with Crippen LogP contribution in [0.1, 0.15) is 6.92 Å². The van der Waals surface area contributed by atoms with Gasteiger partial charge in [0.1, 0.15) is 0 Å². The zero-order valence-electron chi connectivity index (χ0n) is 9.32. The summed E-state index contributed by atoms with van der Waals surface area (Å²) in [6.45, 7) is 2.72. The van der Waals surface area contributed by atoms with Crippen LogP contribution in [0.5, 0.6) is 0 Å². The Hall–Kier alpha value is -0.870.